The minimum Gasteiger partial charge on any atom is -0.279 e. The molecule has 80 valence electrons. The molecule has 0 spiro atoms. The van der Waals surface area contributed by atoms with Gasteiger partial charge < -0.3 is 0 Å². The summed E-state index contributed by atoms with van der Waals surface area (Å²) in [7, 11) is 0. The van der Waals surface area contributed by atoms with Crippen LogP contribution in [0.1, 0.15) is 18.4 Å². The Morgan fingerprint density at radius 3 is 2.80 bits per heavy atom. The summed E-state index contributed by atoms with van der Waals surface area (Å²) in [4.78, 5) is 4.34. The van der Waals surface area contributed by atoms with Gasteiger partial charge in [-0.2, -0.15) is 12.6 Å². The van der Waals surface area contributed by atoms with E-state index in [0.717, 1.165) is 29.1 Å². The zero-order valence-electron chi connectivity index (χ0n) is 8.49. The van der Waals surface area contributed by atoms with Crippen LogP contribution in [0.25, 0.3) is 0 Å². The molecule has 0 saturated carbocycles. The second kappa shape index (κ2) is 6.70. The first kappa shape index (κ1) is 12.3. The van der Waals surface area contributed by atoms with Crippen LogP contribution in [-0.4, -0.2) is 11.6 Å². The highest BCUT2D eigenvalue weighted by Gasteiger charge is 2.05. The van der Waals surface area contributed by atoms with Crippen molar-refractivity contribution in [1.82, 2.24) is 0 Å². The Kier molecular flexibility index (Phi) is 5.51. The monoisotopic (exact) mass is 239 g/mol. The Labute approximate surface area is 101 Å². The van der Waals surface area contributed by atoms with Gasteiger partial charge in [0, 0.05) is 16.3 Å². The van der Waals surface area contributed by atoms with Crippen LogP contribution in [-0.2, 0) is 0 Å². The van der Waals surface area contributed by atoms with E-state index in [9.17, 15) is 0 Å². The van der Waals surface area contributed by atoms with Gasteiger partial charge in [-0.05, 0) is 18.9 Å². The van der Waals surface area contributed by atoms with E-state index in [-0.39, 0.29) is 0 Å². The number of rotatable bonds is 5. The highest BCUT2D eigenvalue weighted by molar-refractivity contribution is 7.80. The lowest BCUT2D eigenvalue weighted by Gasteiger charge is -2.06. The van der Waals surface area contributed by atoms with E-state index >= 15 is 0 Å². The van der Waals surface area contributed by atoms with Crippen LogP contribution in [0.2, 0.25) is 5.02 Å². The molecule has 0 N–H and O–H groups in total. The average Bonchev–Trinajstić information content (AvgIpc) is 2.25. The summed E-state index contributed by atoms with van der Waals surface area (Å²) in [5.74, 6) is 0.484. The Morgan fingerprint density at radius 1 is 1.47 bits per heavy atom. The van der Waals surface area contributed by atoms with Crippen molar-refractivity contribution >= 4 is 29.9 Å². The highest BCUT2D eigenvalue weighted by Crippen LogP contribution is 2.18. The number of thiol groups is 1. The normalized spacial score (nSPS) is 11.5. The molecule has 0 atom stereocenters. The van der Waals surface area contributed by atoms with Crippen molar-refractivity contribution in [2.24, 2.45) is 4.99 Å². The van der Waals surface area contributed by atoms with Gasteiger partial charge in [-0.1, -0.05) is 35.9 Å². The quantitative estimate of drug-likeness (QED) is 0.453. The van der Waals surface area contributed by atoms with Crippen molar-refractivity contribution in [2.45, 2.75) is 12.8 Å². The fourth-order valence-corrected chi connectivity index (χ4v) is 1.73. The molecule has 0 aliphatic heterocycles. The molecule has 0 bridgehead atoms. The molecule has 0 fully saturated rings. The van der Waals surface area contributed by atoms with Crippen LogP contribution in [0, 0.1) is 0 Å². The minimum atomic E-state index is 0.484. The molecule has 3 heteroatoms. The van der Waals surface area contributed by atoms with Gasteiger partial charge in [-0.3, -0.25) is 4.99 Å². The van der Waals surface area contributed by atoms with Crippen LogP contribution in [0.3, 0.4) is 0 Å². The van der Waals surface area contributed by atoms with Crippen molar-refractivity contribution in [1.29, 1.82) is 0 Å². The maximum atomic E-state index is 6.10. The van der Waals surface area contributed by atoms with E-state index < -0.39 is 0 Å². The lowest BCUT2D eigenvalue weighted by molar-refractivity contribution is 1.09. The zero-order chi connectivity index (χ0) is 11.1. The van der Waals surface area contributed by atoms with Crippen molar-refractivity contribution in [2.75, 3.05) is 5.88 Å². The van der Waals surface area contributed by atoms with Gasteiger partial charge in [0.15, 0.2) is 0 Å². The zero-order valence-corrected chi connectivity index (χ0v) is 10.1. The molecule has 0 saturated heterocycles. The number of halogens is 1. The van der Waals surface area contributed by atoms with Crippen LogP contribution in [0.5, 0.6) is 0 Å². The number of hydrogen-bond acceptors (Lipinski definition) is 2. The molecular weight excluding hydrogens is 226 g/mol. The average molecular weight is 240 g/mol. The fraction of sp³-hybridized carbons (Fsp3) is 0.250. The van der Waals surface area contributed by atoms with Gasteiger partial charge in [-0.25, -0.2) is 0 Å². The number of benzene rings is 1. The fourth-order valence-electron chi connectivity index (χ4n) is 1.32. The summed E-state index contributed by atoms with van der Waals surface area (Å²) in [6.45, 7) is 3.70. The third kappa shape index (κ3) is 3.73. The van der Waals surface area contributed by atoms with E-state index in [4.69, 9.17) is 11.6 Å². The van der Waals surface area contributed by atoms with Crippen molar-refractivity contribution in [3.8, 4) is 0 Å². The summed E-state index contributed by atoms with van der Waals surface area (Å²) in [5, 5.41) is 0.738. The summed E-state index contributed by atoms with van der Waals surface area (Å²) in [6.07, 6.45) is 3.64. The topological polar surface area (TPSA) is 12.4 Å². The molecule has 0 aliphatic carbocycles. The smallest absolute Gasteiger partial charge is 0.0818 e. The number of allylic oxidation sites excluding steroid dienone is 1. The van der Waals surface area contributed by atoms with Gasteiger partial charge in [0.25, 0.3) is 0 Å². The first-order valence-electron chi connectivity index (χ1n) is 4.79. The van der Waals surface area contributed by atoms with Crippen molar-refractivity contribution in [3.05, 3.63) is 47.5 Å². The summed E-state index contributed by atoms with van der Waals surface area (Å²) >= 11 is 10.2. The molecule has 15 heavy (non-hydrogen) atoms. The number of nitrogens with zero attached hydrogens (tertiary/aromatic N) is 1. The van der Waals surface area contributed by atoms with Crippen LogP contribution in [0.15, 0.2) is 41.9 Å². The molecule has 0 unspecified atom stereocenters. The Morgan fingerprint density at radius 2 is 2.20 bits per heavy atom. The van der Waals surface area contributed by atoms with E-state index in [1.165, 1.54) is 0 Å². The summed E-state index contributed by atoms with van der Waals surface area (Å²) in [6, 6.07) is 7.73. The van der Waals surface area contributed by atoms with E-state index in [1.54, 1.807) is 0 Å². The third-order valence-corrected chi connectivity index (χ3v) is 2.50. The first-order chi connectivity index (χ1) is 7.29. The molecule has 0 aliphatic rings. The largest absolute Gasteiger partial charge is 0.279 e. The predicted octanol–water partition coefficient (Wildman–Crippen LogP) is 3.98. The van der Waals surface area contributed by atoms with E-state index in [0.29, 0.717) is 5.88 Å². The lowest BCUT2D eigenvalue weighted by Crippen LogP contribution is -2.01. The third-order valence-electron chi connectivity index (χ3n) is 2.03. The summed E-state index contributed by atoms with van der Waals surface area (Å²) in [5.41, 5.74) is 1.99. The molecule has 1 aromatic rings. The van der Waals surface area contributed by atoms with Gasteiger partial charge in [-0.15, -0.1) is 6.58 Å². The van der Waals surface area contributed by atoms with Gasteiger partial charge in [0.1, 0.15) is 0 Å². The summed E-state index contributed by atoms with van der Waals surface area (Å²) < 4.78 is 0. The molecule has 0 aromatic heterocycles. The van der Waals surface area contributed by atoms with Crippen molar-refractivity contribution in [3.63, 3.8) is 0 Å². The Hall–Kier alpha value is -0.730. The minimum absolute atomic E-state index is 0.484. The maximum Gasteiger partial charge on any atom is 0.0818 e. The van der Waals surface area contributed by atoms with Crippen LogP contribution in [0.4, 0.5) is 0 Å². The molecule has 0 heterocycles. The predicted molar refractivity (Wildman–Crippen MR) is 71.3 cm³/mol. The van der Waals surface area contributed by atoms with E-state index in [1.807, 2.05) is 30.3 Å². The van der Waals surface area contributed by atoms with Crippen LogP contribution < -0.4 is 0 Å². The maximum absolute atomic E-state index is 6.10. The SMILES string of the molecule is C=CCC/C(=N\CS)c1ccccc1Cl. The second-order valence-corrected chi connectivity index (χ2v) is 3.74. The van der Waals surface area contributed by atoms with Gasteiger partial charge in [0.05, 0.1) is 5.88 Å². The van der Waals surface area contributed by atoms with Crippen LogP contribution >= 0.6 is 24.2 Å². The second-order valence-electron chi connectivity index (χ2n) is 3.05. The molecule has 1 rings (SSSR count). The highest BCUT2D eigenvalue weighted by atomic mass is 35.5. The van der Waals surface area contributed by atoms with E-state index in [2.05, 4.69) is 24.2 Å². The lowest BCUT2D eigenvalue weighted by atomic mass is 10.1. The molecule has 1 aromatic carbocycles. The Balaban J connectivity index is 2.94. The standard InChI is InChI=1S/C12H14ClNS/c1-2-3-8-12(14-9-15)10-6-4-5-7-11(10)13/h2,4-7,15H,1,3,8-9H2/b14-12+. The Bertz CT molecular complexity index is 360. The number of hydrogen-bond donors (Lipinski definition) is 1. The van der Waals surface area contributed by atoms with Gasteiger partial charge >= 0.3 is 0 Å². The van der Waals surface area contributed by atoms with Gasteiger partial charge in [0.2, 0.25) is 0 Å². The molecule has 0 amide bonds. The van der Waals surface area contributed by atoms with Crippen molar-refractivity contribution < 1.29 is 0 Å². The first-order valence-corrected chi connectivity index (χ1v) is 5.80. The number of aliphatic imine (C=N–C) groups is 1. The molecule has 0 radical (unpaired) electrons. The molecule has 1 nitrogen and oxygen atoms in total. The molecular formula is C12H14ClNS.